The van der Waals surface area contributed by atoms with E-state index in [4.69, 9.17) is 18.9 Å². The van der Waals surface area contributed by atoms with E-state index in [-0.39, 0.29) is 12.1 Å². The van der Waals surface area contributed by atoms with E-state index < -0.39 is 0 Å². The topological polar surface area (TPSA) is 54.0 Å². The second-order valence-corrected chi connectivity index (χ2v) is 4.89. The summed E-state index contributed by atoms with van der Waals surface area (Å²) in [5.74, 6) is 0.778. The van der Waals surface area contributed by atoms with Gasteiger partial charge < -0.3 is 18.9 Å². The molecule has 0 amide bonds. The zero-order valence-electron chi connectivity index (χ0n) is 12.6. The fraction of sp³-hybridized carbons (Fsp3) is 0.562. The zero-order valence-corrected chi connectivity index (χ0v) is 12.6. The van der Waals surface area contributed by atoms with Gasteiger partial charge in [0.05, 0.1) is 25.4 Å². The lowest BCUT2D eigenvalue weighted by Crippen LogP contribution is -2.25. The van der Waals surface area contributed by atoms with Crippen LogP contribution in [0.2, 0.25) is 0 Å². The van der Waals surface area contributed by atoms with Crippen LogP contribution in [0, 0.1) is 0 Å². The monoisotopic (exact) mass is 294 g/mol. The first-order valence-corrected chi connectivity index (χ1v) is 7.34. The second-order valence-electron chi connectivity index (χ2n) is 4.89. The molecule has 1 fully saturated rings. The predicted octanol–water partition coefficient (Wildman–Crippen LogP) is 2.82. The van der Waals surface area contributed by atoms with Crippen molar-refractivity contribution in [1.29, 1.82) is 0 Å². The fourth-order valence-corrected chi connectivity index (χ4v) is 2.26. The SMILES string of the molecule is CCOc1cc(C(=O)OCC2CCCCO2)ccc1OC. The van der Waals surface area contributed by atoms with Crippen LogP contribution in [0.1, 0.15) is 36.5 Å². The van der Waals surface area contributed by atoms with Crippen molar-refractivity contribution >= 4 is 5.97 Å². The van der Waals surface area contributed by atoms with Crippen LogP contribution in [0.25, 0.3) is 0 Å². The number of carbonyl (C=O) groups excluding carboxylic acids is 1. The normalized spacial score (nSPS) is 18.1. The third-order valence-electron chi connectivity index (χ3n) is 3.37. The minimum Gasteiger partial charge on any atom is -0.493 e. The van der Waals surface area contributed by atoms with E-state index in [9.17, 15) is 4.79 Å². The highest BCUT2D eigenvalue weighted by molar-refractivity contribution is 5.90. The highest BCUT2D eigenvalue weighted by Crippen LogP contribution is 2.28. The number of ether oxygens (including phenoxy) is 4. The number of esters is 1. The summed E-state index contributed by atoms with van der Waals surface area (Å²) in [5, 5.41) is 0. The quantitative estimate of drug-likeness (QED) is 0.755. The molecule has 0 aromatic heterocycles. The van der Waals surface area contributed by atoms with Crippen molar-refractivity contribution in [3.63, 3.8) is 0 Å². The Morgan fingerprint density at radius 2 is 2.19 bits per heavy atom. The molecule has 0 bridgehead atoms. The number of benzene rings is 1. The van der Waals surface area contributed by atoms with Crippen LogP contribution >= 0.6 is 0 Å². The molecule has 1 heterocycles. The van der Waals surface area contributed by atoms with E-state index in [1.807, 2.05) is 6.92 Å². The molecule has 5 nitrogen and oxygen atoms in total. The van der Waals surface area contributed by atoms with Crippen LogP contribution in [0.4, 0.5) is 0 Å². The van der Waals surface area contributed by atoms with Crippen molar-refractivity contribution in [1.82, 2.24) is 0 Å². The third-order valence-corrected chi connectivity index (χ3v) is 3.37. The van der Waals surface area contributed by atoms with Gasteiger partial charge in [0.2, 0.25) is 0 Å². The van der Waals surface area contributed by atoms with E-state index in [2.05, 4.69) is 0 Å². The minimum absolute atomic E-state index is 0.0207. The first kappa shape index (κ1) is 15.6. The first-order chi connectivity index (χ1) is 10.2. The molecular formula is C16H22O5. The molecular weight excluding hydrogens is 272 g/mol. The summed E-state index contributed by atoms with van der Waals surface area (Å²) in [5.41, 5.74) is 0.454. The molecule has 1 unspecified atom stereocenters. The maximum Gasteiger partial charge on any atom is 0.338 e. The Labute approximate surface area is 125 Å². The van der Waals surface area contributed by atoms with Crippen molar-refractivity contribution in [2.75, 3.05) is 26.9 Å². The number of hydrogen-bond donors (Lipinski definition) is 0. The molecule has 116 valence electrons. The minimum atomic E-state index is -0.368. The molecule has 0 radical (unpaired) electrons. The van der Waals surface area contributed by atoms with Gasteiger partial charge in [-0.2, -0.15) is 0 Å². The Morgan fingerprint density at radius 1 is 1.33 bits per heavy atom. The molecule has 1 aromatic carbocycles. The van der Waals surface area contributed by atoms with Gasteiger partial charge in [0, 0.05) is 6.61 Å². The largest absolute Gasteiger partial charge is 0.493 e. The Kier molecular flexibility index (Phi) is 5.87. The maximum absolute atomic E-state index is 12.1. The van der Waals surface area contributed by atoms with Gasteiger partial charge in [-0.3, -0.25) is 0 Å². The lowest BCUT2D eigenvalue weighted by Gasteiger charge is -2.22. The second kappa shape index (κ2) is 7.88. The highest BCUT2D eigenvalue weighted by atomic mass is 16.6. The Bertz CT molecular complexity index is 466. The van der Waals surface area contributed by atoms with Gasteiger partial charge in [-0.25, -0.2) is 4.79 Å². The predicted molar refractivity (Wildman–Crippen MR) is 78.0 cm³/mol. The molecule has 0 aliphatic carbocycles. The average Bonchev–Trinajstić information content (AvgIpc) is 2.54. The molecule has 2 rings (SSSR count). The summed E-state index contributed by atoms with van der Waals surface area (Å²) < 4.78 is 21.5. The van der Waals surface area contributed by atoms with Crippen molar-refractivity contribution < 1.29 is 23.7 Å². The van der Waals surface area contributed by atoms with Gasteiger partial charge in [-0.15, -0.1) is 0 Å². The van der Waals surface area contributed by atoms with E-state index in [1.165, 1.54) is 0 Å². The van der Waals surface area contributed by atoms with Gasteiger partial charge in [-0.05, 0) is 44.4 Å². The van der Waals surface area contributed by atoms with E-state index in [0.29, 0.717) is 30.3 Å². The number of methoxy groups -OCH3 is 1. The van der Waals surface area contributed by atoms with E-state index >= 15 is 0 Å². The van der Waals surface area contributed by atoms with Crippen LogP contribution in [-0.2, 0) is 9.47 Å². The van der Waals surface area contributed by atoms with Gasteiger partial charge >= 0.3 is 5.97 Å². The number of rotatable bonds is 6. The lowest BCUT2D eigenvalue weighted by molar-refractivity contribution is -0.0300. The van der Waals surface area contributed by atoms with Crippen molar-refractivity contribution in [2.24, 2.45) is 0 Å². The molecule has 21 heavy (non-hydrogen) atoms. The number of hydrogen-bond acceptors (Lipinski definition) is 5. The lowest BCUT2D eigenvalue weighted by atomic mass is 10.1. The summed E-state index contributed by atoms with van der Waals surface area (Å²) in [4.78, 5) is 12.1. The Hall–Kier alpha value is -1.75. The molecule has 0 N–H and O–H groups in total. The number of carbonyl (C=O) groups is 1. The Balaban J connectivity index is 1.96. The summed E-state index contributed by atoms with van der Waals surface area (Å²) in [7, 11) is 1.57. The third kappa shape index (κ3) is 4.36. The van der Waals surface area contributed by atoms with Gasteiger partial charge in [0.25, 0.3) is 0 Å². The van der Waals surface area contributed by atoms with Crippen LogP contribution in [0.5, 0.6) is 11.5 Å². The van der Waals surface area contributed by atoms with Crippen molar-refractivity contribution in [3.8, 4) is 11.5 Å². The zero-order chi connectivity index (χ0) is 15.1. The molecule has 1 aliphatic heterocycles. The summed E-state index contributed by atoms with van der Waals surface area (Å²) >= 11 is 0. The van der Waals surface area contributed by atoms with E-state index in [0.717, 1.165) is 25.9 Å². The molecule has 1 atom stereocenters. The Morgan fingerprint density at radius 3 is 2.86 bits per heavy atom. The highest BCUT2D eigenvalue weighted by Gasteiger charge is 2.17. The van der Waals surface area contributed by atoms with Gasteiger partial charge in [0.1, 0.15) is 6.61 Å². The summed E-state index contributed by atoms with van der Waals surface area (Å²) in [6.45, 7) is 3.43. The average molecular weight is 294 g/mol. The molecule has 1 saturated heterocycles. The molecule has 5 heteroatoms. The molecule has 1 aromatic rings. The van der Waals surface area contributed by atoms with Gasteiger partial charge in [0.15, 0.2) is 11.5 Å². The van der Waals surface area contributed by atoms with Crippen LogP contribution < -0.4 is 9.47 Å². The smallest absolute Gasteiger partial charge is 0.338 e. The van der Waals surface area contributed by atoms with Crippen LogP contribution in [0.3, 0.4) is 0 Å². The molecule has 0 spiro atoms. The van der Waals surface area contributed by atoms with E-state index in [1.54, 1.807) is 25.3 Å². The van der Waals surface area contributed by atoms with Crippen LogP contribution in [-0.4, -0.2) is 39.0 Å². The fourth-order valence-electron chi connectivity index (χ4n) is 2.26. The molecule has 0 saturated carbocycles. The van der Waals surface area contributed by atoms with Crippen LogP contribution in [0.15, 0.2) is 18.2 Å². The first-order valence-electron chi connectivity index (χ1n) is 7.34. The van der Waals surface area contributed by atoms with Crippen molar-refractivity contribution in [2.45, 2.75) is 32.3 Å². The standard InChI is InChI=1S/C16H22O5/c1-3-19-15-10-12(7-8-14(15)18-2)16(17)21-11-13-6-4-5-9-20-13/h7-8,10,13H,3-6,9,11H2,1-2H3. The maximum atomic E-state index is 12.1. The summed E-state index contributed by atoms with van der Waals surface area (Å²) in [6, 6.07) is 5.02. The van der Waals surface area contributed by atoms with Gasteiger partial charge in [-0.1, -0.05) is 0 Å². The molecule has 1 aliphatic rings. The summed E-state index contributed by atoms with van der Waals surface area (Å²) in [6.07, 6.45) is 3.17. The van der Waals surface area contributed by atoms with Crippen molar-refractivity contribution in [3.05, 3.63) is 23.8 Å².